The number of nitrogens with one attached hydrogen (secondary N) is 2. The summed E-state index contributed by atoms with van der Waals surface area (Å²) in [6, 6.07) is 14.1. The van der Waals surface area contributed by atoms with Crippen LogP contribution in [0.25, 0.3) is 22.2 Å². The van der Waals surface area contributed by atoms with Crippen LogP contribution < -0.4 is 15.0 Å². The lowest BCUT2D eigenvalue weighted by atomic mass is 10.0. The van der Waals surface area contributed by atoms with E-state index in [4.69, 9.17) is 4.74 Å². The maximum atomic E-state index is 13.4. The van der Waals surface area contributed by atoms with Gasteiger partial charge < -0.3 is 15.0 Å². The Balaban J connectivity index is 1.62. The normalized spacial score (nSPS) is 10.6. The Morgan fingerprint density at radius 3 is 2.64 bits per heavy atom. The van der Waals surface area contributed by atoms with Gasteiger partial charge in [-0.1, -0.05) is 18.2 Å². The fourth-order valence-corrected chi connectivity index (χ4v) is 3.20. The Hall–Kier alpha value is -4.53. The quantitative estimate of drug-likeness (QED) is 0.438. The lowest BCUT2D eigenvalue weighted by molar-refractivity contribution is -0.133. The third-order valence-corrected chi connectivity index (χ3v) is 4.93. The third kappa shape index (κ3) is 4.72. The average Bonchev–Trinajstić information content (AvgIpc) is 3.22. The molecule has 166 valence electrons. The van der Waals surface area contributed by atoms with Crippen molar-refractivity contribution in [3.63, 3.8) is 0 Å². The lowest BCUT2D eigenvalue weighted by Crippen LogP contribution is -2.29. The summed E-state index contributed by atoms with van der Waals surface area (Å²) >= 11 is 0. The topological polar surface area (TPSA) is 104 Å². The van der Waals surface area contributed by atoms with E-state index < -0.39 is 23.6 Å². The number of H-pyrrole nitrogens is 1. The van der Waals surface area contributed by atoms with Crippen LogP contribution in [0, 0.1) is 5.82 Å². The number of hydrogen-bond donors (Lipinski definition) is 2. The van der Waals surface area contributed by atoms with Gasteiger partial charge in [-0.3, -0.25) is 14.5 Å². The number of nitrogens with zero attached hydrogens (tertiary/aromatic N) is 2. The van der Waals surface area contributed by atoms with Crippen LogP contribution in [-0.4, -0.2) is 34.8 Å². The van der Waals surface area contributed by atoms with Crippen molar-refractivity contribution in [1.82, 2.24) is 9.97 Å². The highest BCUT2D eigenvalue weighted by Crippen LogP contribution is 2.31. The summed E-state index contributed by atoms with van der Waals surface area (Å²) in [6.45, 7) is 1.20. The molecule has 0 aliphatic carbocycles. The summed E-state index contributed by atoms with van der Waals surface area (Å²) in [7, 11) is 1.52. The molecule has 2 aromatic carbocycles. The van der Waals surface area contributed by atoms with E-state index in [1.165, 1.54) is 43.3 Å². The molecule has 0 saturated heterocycles. The van der Waals surface area contributed by atoms with Crippen LogP contribution >= 0.6 is 0 Å². The van der Waals surface area contributed by atoms with Gasteiger partial charge in [-0.2, -0.15) is 0 Å². The second-order valence-electron chi connectivity index (χ2n) is 7.27. The van der Waals surface area contributed by atoms with Crippen LogP contribution in [0.5, 0.6) is 5.75 Å². The molecule has 8 nitrogen and oxygen atoms in total. The molecule has 2 amide bonds. The summed E-state index contributed by atoms with van der Waals surface area (Å²) in [5.41, 5.74) is 3.09. The fraction of sp³-hybridized carbons (Fsp3) is 0.0833. The van der Waals surface area contributed by atoms with Gasteiger partial charge in [0.15, 0.2) is 0 Å². The molecule has 0 atom stereocenters. The molecule has 2 aromatic heterocycles. The van der Waals surface area contributed by atoms with E-state index in [9.17, 15) is 18.8 Å². The van der Waals surface area contributed by atoms with Gasteiger partial charge in [0.2, 0.25) is 5.78 Å². The van der Waals surface area contributed by atoms with Crippen molar-refractivity contribution in [1.29, 1.82) is 0 Å². The zero-order valence-electron chi connectivity index (χ0n) is 17.8. The van der Waals surface area contributed by atoms with Gasteiger partial charge in [-0.15, -0.1) is 0 Å². The number of benzene rings is 2. The molecule has 4 rings (SSSR count). The SMILES string of the molecule is CC(=O)C(=O)Nc1cccc(-c2c[nH]c3ncc(N(C)C(=O)Oc4cccc(F)c4)cc23)c1. The molecule has 4 aromatic rings. The van der Waals surface area contributed by atoms with Gasteiger partial charge in [-0.05, 0) is 35.9 Å². The number of ether oxygens (including phenoxy) is 1. The number of Topliss-reactive ketones (excluding diaryl/α,β-unsaturated/α-hetero) is 1. The number of rotatable bonds is 5. The first kappa shape index (κ1) is 21.7. The fourth-order valence-electron chi connectivity index (χ4n) is 3.20. The van der Waals surface area contributed by atoms with Crippen molar-refractivity contribution in [2.24, 2.45) is 0 Å². The number of hydrogen-bond acceptors (Lipinski definition) is 5. The van der Waals surface area contributed by atoms with E-state index in [2.05, 4.69) is 15.3 Å². The Morgan fingerprint density at radius 1 is 1.09 bits per heavy atom. The summed E-state index contributed by atoms with van der Waals surface area (Å²) in [5, 5.41) is 3.28. The molecule has 0 unspecified atom stereocenters. The zero-order chi connectivity index (χ0) is 23.5. The molecule has 0 aliphatic heterocycles. The smallest absolute Gasteiger partial charge is 0.410 e. The molecule has 0 aliphatic rings. The number of pyridine rings is 1. The van der Waals surface area contributed by atoms with E-state index in [-0.39, 0.29) is 5.75 Å². The van der Waals surface area contributed by atoms with Gasteiger partial charge in [0.1, 0.15) is 17.2 Å². The van der Waals surface area contributed by atoms with Crippen LogP contribution in [-0.2, 0) is 9.59 Å². The van der Waals surface area contributed by atoms with Crippen LogP contribution in [0.15, 0.2) is 67.0 Å². The summed E-state index contributed by atoms with van der Waals surface area (Å²) < 4.78 is 18.6. The molecular formula is C24H19FN4O4. The van der Waals surface area contributed by atoms with Crippen molar-refractivity contribution in [3.8, 4) is 16.9 Å². The summed E-state index contributed by atoms with van der Waals surface area (Å²) in [4.78, 5) is 44.2. The molecule has 0 fully saturated rings. The Kier molecular flexibility index (Phi) is 5.86. The summed E-state index contributed by atoms with van der Waals surface area (Å²) in [5.74, 6) is -1.71. The van der Waals surface area contributed by atoms with Gasteiger partial charge >= 0.3 is 6.09 Å². The molecular weight excluding hydrogens is 427 g/mol. The number of ketones is 1. The monoisotopic (exact) mass is 446 g/mol. The second kappa shape index (κ2) is 8.91. The van der Waals surface area contributed by atoms with Crippen LogP contribution in [0.3, 0.4) is 0 Å². The molecule has 2 N–H and O–H groups in total. The van der Waals surface area contributed by atoms with E-state index in [0.29, 0.717) is 17.0 Å². The van der Waals surface area contributed by atoms with Crippen LogP contribution in [0.1, 0.15) is 6.92 Å². The largest absolute Gasteiger partial charge is 0.419 e. The van der Waals surface area contributed by atoms with Crippen molar-refractivity contribution in [2.45, 2.75) is 6.92 Å². The predicted molar refractivity (Wildman–Crippen MR) is 122 cm³/mol. The Bertz CT molecular complexity index is 1380. The maximum Gasteiger partial charge on any atom is 0.419 e. The highest BCUT2D eigenvalue weighted by molar-refractivity contribution is 6.39. The number of carbonyl (C=O) groups excluding carboxylic acids is 3. The van der Waals surface area contributed by atoms with Crippen LogP contribution in [0.4, 0.5) is 20.6 Å². The zero-order valence-corrected chi connectivity index (χ0v) is 17.8. The van der Waals surface area contributed by atoms with E-state index >= 15 is 0 Å². The number of fused-ring (bicyclic) bond motifs is 1. The minimum absolute atomic E-state index is 0.0904. The molecule has 0 radical (unpaired) electrons. The average molecular weight is 446 g/mol. The minimum atomic E-state index is -0.701. The van der Waals surface area contributed by atoms with Crippen LogP contribution in [0.2, 0.25) is 0 Å². The molecule has 9 heteroatoms. The molecule has 2 heterocycles. The number of aromatic nitrogens is 2. The van der Waals surface area contributed by atoms with Crippen molar-refractivity contribution in [2.75, 3.05) is 17.3 Å². The van der Waals surface area contributed by atoms with E-state index in [0.717, 1.165) is 22.6 Å². The third-order valence-electron chi connectivity index (χ3n) is 4.93. The first-order valence-electron chi connectivity index (χ1n) is 9.92. The molecule has 0 bridgehead atoms. The minimum Gasteiger partial charge on any atom is -0.410 e. The first-order valence-corrected chi connectivity index (χ1v) is 9.92. The van der Waals surface area contributed by atoms with E-state index in [1.54, 1.807) is 30.5 Å². The van der Waals surface area contributed by atoms with Gasteiger partial charge in [0, 0.05) is 42.9 Å². The van der Waals surface area contributed by atoms with Gasteiger partial charge in [-0.25, -0.2) is 14.2 Å². The van der Waals surface area contributed by atoms with E-state index in [1.807, 2.05) is 6.07 Å². The van der Waals surface area contributed by atoms with Crippen molar-refractivity contribution < 1.29 is 23.5 Å². The molecule has 33 heavy (non-hydrogen) atoms. The predicted octanol–water partition coefficient (Wildman–Crippen LogP) is 4.53. The lowest BCUT2D eigenvalue weighted by Gasteiger charge is -2.17. The number of halogens is 1. The second-order valence-corrected chi connectivity index (χ2v) is 7.27. The number of amides is 2. The number of aromatic amines is 1. The molecule has 0 saturated carbocycles. The number of anilines is 2. The summed E-state index contributed by atoms with van der Waals surface area (Å²) in [6.07, 6.45) is 2.57. The standard InChI is InChI=1S/C24H19FN4O4/c1-14(30)23(31)28-17-7-3-5-15(9-17)21-13-27-22-20(21)11-18(12-26-22)29(2)24(32)33-19-8-4-6-16(25)10-19/h3-13H,1-2H3,(H,26,27)(H,28,31). The Labute approximate surface area is 188 Å². The maximum absolute atomic E-state index is 13.4. The number of carbonyl (C=O) groups is 3. The first-order chi connectivity index (χ1) is 15.8. The van der Waals surface area contributed by atoms with Gasteiger partial charge in [0.25, 0.3) is 5.91 Å². The van der Waals surface area contributed by atoms with Crippen molar-refractivity contribution in [3.05, 3.63) is 72.8 Å². The molecule has 0 spiro atoms. The highest BCUT2D eigenvalue weighted by Gasteiger charge is 2.17. The van der Waals surface area contributed by atoms with Gasteiger partial charge in [0.05, 0.1) is 11.9 Å². The van der Waals surface area contributed by atoms with Crippen molar-refractivity contribution >= 4 is 40.2 Å². The Morgan fingerprint density at radius 2 is 1.88 bits per heavy atom. The highest BCUT2D eigenvalue weighted by atomic mass is 19.1.